The van der Waals surface area contributed by atoms with Crippen LogP contribution in [0.2, 0.25) is 0 Å². The third-order valence-electron chi connectivity index (χ3n) is 2.99. The number of ether oxygens (including phenoxy) is 2. The molecule has 1 saturated heterocycles. The summed E-state index contributed by atoms with van der Waals surface area (Å²) < 4.78 is 10.9. The Morgan fingerprint density at radius 2 is 1.94 bits per heavy atom. The molecule has 1 aliphatic rings. The molecule has 2 N–H and O–H groups in total. The largest absolute Gasteiger partial charge is 0.497 e. The Balaban J connectivity index is 2.21. The van der Waals surface area contributed by atoms with Crippen molar-refractivity contribution in [2.45, 2.75) is 26.1 Å². The molecule has 1 heterocycles. The minimum Gasteiger partial charge on any atom is -0.497 e. The number of morpholine rings is 1. The number of anilines is 2. The average molecular weight is 236 g/mol. The second kappa shape index (κ2) is 4.84. The summed E-state index contributed by atoms with van der Waals surface area (Å²) in [6, 6.07) is 5.82. The molecule has 4 heteroatoms. The molecule has 1 aromatic carbocycles. The average Bonchev–Trinajstić information content (AvgIpc) is 2.27. The van der Waals surface area contributed by atoms with Crippen LogP contribution in [-0.2, 0) is 4.74 Å². The standard InChI is InChI=1S/C13H20N2O2/c1-9-7-15(8-10(2)17-9)13-5-4-11(16-3)6-12(13)14/h4-6,9-10H,7-8,14H2,1-3H3. The van der Waals surface area contributed by atoms with Crippen LogP contribution in [0.15, 0.2) is 18.2 Å². The van der Waals surface area contributed by atoms with Crippen molar-refractivity contribution in [3.8, 4) is 5.75 Å². The van der Waals surface area contributed by atoms with Gasteiger partial charge >= 0.3 is 0 Å². The molecule has 2 rings (SSSR count). The van der Waals surface area contributed by atoms with Gasteiger partial charge < -0.3 is 20.1 Å². The van der Waals surface area contributed by atoms with Gasteiger partial charge in [0.1, 0.15) is 5.75 Å². The lowest BCUT2D eigenvalue weighted by molar-refractivity contribution is -0.00517. The molecule has 0 spiro atoms. The summed E-state index contributed by atoms with van der Waals surface area (Å²) in [6.45, 7) is 5.92. The van der Waals surface area contributed by atoms with Gasteiger partial charge in [-0.1, -0.05) is 0 Å². The van der Waals surface area contributed by atoms with Gasteiger partial charge in [0.25, 0.3) is 0 Å². The van der Waals surface area contributed by atoms with Gasteiger partial charge in [-0.25, -0.2) is 0 Å². The number of nitrogen functional groups attached to an aromatic ring is 1. The number of benzene rings is 1. The predicted molar refractivity (Wildman–Crippen MR) is 69.6 cm³/mol. The Kier molecular flexibility index (Phi) is 3.43. The highest BCUT2D eigenvalue weighted by molar-refractivity contribution is 5.69. The normalized spacial score (nSPS) is 24.8. The molecule has 0 radical (unpaired) electrons. The number of hydrogen-bond donors (Lipinski definition) is 1. The van der Waals surface area contributed by atoms with E-state index in [1.807, 2.05) is 18.2 Å². The number of methoxy groups -OCH3 is 1. The number of hydrogen-bond acceptors (Lipinski definition) is 4. The van der Waals surface area contributed by atoms with Crippen molar-refractivity contribution >= 4 is 11.4 Å². The van der Waals surface area contributed by atoms with Crippen LogP contribution in [-0.4, -0.2) is 32.4 Å². The van der Waals surface area contributed by atoms with Crippen molar-refractivity contribution in [2.24, 2.45) is 0 Å². The third-order valence-corrected chi connectivity index (χ3v) is 2.99. The Labute approximate surface area is 102 Å². The Hall–Kier alpha value is -1.42. The van der Waals surface area contributed by atoms with Gasteiger partial charge in [0, 0.05) is 19.2 Å². The molecule has 0 aliphatic carbocycles. The zero-order valence-electron chi connectivity index (χ0n) is 10.6. The SMILES string of the molecule is COc1ccc(N2CC(C)OC(C)C2)c(N)c1. The lowest BCUT2D eigenvalue weighted by atomic mass is 10.1. The first-order valence-corrected chi connectivity index (χ1v) is 5.94. The van der Waals surface area contributed by atoms with E-state index >= 15 is 0 Å². The molecule has 1 aliphatic heterocycles. The Morgan fingerprint density at radius 3 is 2.47 bits per heavy atom. The summed E-state index contributed by atoms with van der Waals surface area (Å²) in [5.41, 5.74) is 7.87. The molecule has 2 unspecified atom stereocenters. The van der Waals surface area contributed by atoms with Crippen molar-refractivity contribution in [2.75, 3.05) is 30.8 Å². The molecule has 1 aromatic rings. The van der Waals surface area contributed by atoms with Crippen LogP contribution in [0.3, 0.4) is 0 Å². The third kappa shape index (κ3) is 2.64. The van der Waals surface area contributed by atoms with Crippen LogP contribution in [0.5, 0.6) is 5.75 Å². The van der Waals surface area contributed by atoms with Crippen molar-refractivity contribution in [1.82, 2.24) is 0 Å². The van der Waals surface area contributed by atoms with E-state index < -0.39 is 0 Å². The molecule has 2 atom stereocenters. The smallest absolute Gasteiger partial charge is 0.121 e. The fourth-order valence-corrected chi connectivity index (χ4v) is 2.32. The van der Waals surface area contributed by atoms with E-state index in [1.54, 1.807) is 7.11 Å². The van der Waals surface area contributed by atoms with Crippen LogP contribution in [0.25, 0.3) is 0 Å². The van der Waals surface area contributed by atoms with Crippen LogP contribution in [0.4, 0.5) is 11.4 Å². The Bertz CT molecular complexity index is 385. The molecular formula is C13H20N2O2. The summed E-state index contributed by atoms with van der Waals surface area (Å²) in [5, 5.41) is 0. The van der Waals surface area contributed by atoms with Gasteiger partial charge in [0.15, 0.2) is 0 Å². The summed E-state index contributed by atoms with van der Waals surface area (Å²) >= 11 is 0. The van der Waals surface area contributed by atoms with E-state index in [-0.39, 0.29) is 12.2 Å². The molecule has 4 nitrogen and oxygen atoms in total. The molecular weight excluding hydrogens is 216 g/mol. The first-order chi connectivity index (χ1) is 8.10. The van der Waals surface area contributed by atoms with Crippen molar-refractivity contribution in [3.05, 3.63) is 18.2 Å². The van der Waals surface area contributed by atoms with Crippen LogP contribution in [0.1, 0.15) is 13.8 Å². The van der Waals surface area contributed by atoms with E-state index in [0.29, 0.717) is 0 Å². The van der Waals surface area contributed by atoms with Gasteiger partial charge in [-0.2, -0.15) is 0 Å². The maximum atomic E-state index is 6.06. The van der Waals surface area contributed by atoms with E-state index in [4.69, 9.17) is 15.2 Å². The summed E-state index contributed by atoms with van der Waals surface area (Å²) in [5.74, 6) is 0.792. The molecule has 0 aromatic heterocycles. The number of nitrogens with zero attached hydrogens (tertiary/aromatic N) is 1. The molecule has 0 amide bonds. The second-order valence-electron chi connectivity index (χ2n) is 4.59. The van der Waals surface area contributed by atoms with E-state index in [9.17, 15) is 0 Å². The van der Waals surface area contributed by atoms with Crippen LogP contribution < -0.4 is 15.4 Å². The highest BCUT2D eigenvalue weighted by Gasteiger charge is 2.23. The molecule has 0 saturated carbocycles. The monoisotopic (exact) mass is 236 g/mol. The lowest BCUT2D eigenvalue weighted by Crippen LogP contribution is -2.45. The first-order valence-electron chi connectivity index (χ1n) is 5.94. The van der Waals surface area contributed by atoms with Gasteiger partial charge in [-0.05, 0) is 26.0 Å². The number of nitrogens with two attached hydrogens (primary N) is 1. The van der Waals surface area contributed by atoms with Gasteiger partial charge in [0.05, 0.1) is 30.7 Å². The fraction of sp³-hybridized carbons (Fsp3) is 0.538. The predicted octanol–water partition coefficient (Wildman–Crippen LogP) is 1.89. The minimum absolute atomic E-state index is 0.236. The van der Waals surface area contributed by atoms with E-state index in [0.717, 1.165) is 30.2 Å². The lowest BCUT2D eigenvalue weighted by Gasteiger charge is -2.37. The summed E-state index contributed by atoms with van der Waals surface area (Å²) in [4.78, 5) is 2.27. The highest BCUT2D eigenvalue weighted by Crippen LogP contribution is 2.29. The molecule has 1 fully saturated rings. The van der Waals surface area contributed by atoms with Crippen LogP contribution >= 0.6 is 0 Å². The van der Waals surface area contributed by atoms with Gasteiger partial charge in [-0.15, -0.1) is 0 Å². The fourth-order valence-electron chi connectivity index (χ4n) is 2.32. The van der Waals surface area contributed by atoms with E-state index in [1.165, 1.54) is 0 Å². The van der Waals surface area contributed by atoms with Crippen molar-refractivity contribution in [1.29, 1.82) is 0 Å². The quantitative estimate of drug-likeness (QED) is 0.797. The zero-order chi connectivity index (χ0) is 12.4. The molecule has 0 bridgehead atoms. The maximum absolute atomic E-state index is 6.06. The first kappa shape index (κ1) is 12.0. The van der Waals surface area contributed by atoms with Gasteiger partial charge in [-0.3, -0.25) is 0 Å². The Morgan fingerprint density at radius 1 is 1.29 bits per heavy atom. The highest BCUT2D eigenvalue weighted by atomic mass is 16.5. The van der Waals surface area contributed by atoms with Crippen molar-refractivity contribution in [3.63, 3.8) is 0 Å². The van der Waals surface area contributed by atoms with Gasteiger partial charge in [0.2, 0.25) is 0 Å². The zero-order valence-corrected chi connectivity index (χ0v) is 10.6. The molecule has 94 valence electrons. The maximum Gasteiger partial charge on any atom is 0.121 e. The van der Waals surface area contributed by atoms with E-state index in [2.05, 4.69) is 18.7 Å². The number of rotatable bonds is 2. The summed E-state index contributed by atoms with van der Waals surface area (Å²) in [6.07, 6.45) is 0.473. The minimum atomic E-state index is 0.236. The molecule has 17 heavy (non-hydrogen) atoms. The topological polar surface area (TPSA) is 47.7 Å². The van der Waals surface area contributed by atoms with Crippen LogP contribution in [0, 0.1) is 0 Å². The second-order valence-corrected chi connectivity index (χ2v) is 4.59. The summed E-state index contributed by atoms with van der Waals surface area (Å²) in [7, 11) is 1.65. The van der Waals surface area contributed by atoms with Crippen molar-refractivity contribution < 1.29 is 9.47 Å².